The maximum Gasteiger partial charge on any atom is 0.233 e. The Bertz CT molecular complexity index is 1010. The number of likely N-dealkylation sites (tertiary alicyclic amines) is 1. The second-order valence-electron chi connectivity index (χ2n) is 8.23. The molecule has 0 unspecified atom stereocenters. The third kappa shape index (κ3) is 3.63. The molecule has 2 aliphatic rings. The number of aryl methyl sites for hydroxylation is 1. The van der Waals surface area contributed by atoms with Crippen molar-refractivity contribution in [1.82, 2.24) is 24.6 Å². The van der Waals surface area contributed by atoms with Crippen molar-refractivity contribution < 1.29 is 13.5 Å². The summed E-state index contributed by atoms with van der Waals surface area (Å²) in [4.78, 5) is 7.01. The fourth-order valence-electron chi connectivity index (χ4n) is 4.77. The summed E-state index contributed by atoms with van der Waals surface area (Å²) in [5.74, 6) is 2.34. The monoisotopic (exact) mass is 413 g/mol. The van der Waals surface area contributed by atoms with Crippen LogP contribution >= 0.6 is 0 Å². The standard InChI is InChI=1S/C22H28FN5O2/c1-2-28-17-8-5-6-16(23)20(17)24-19(28)14-27-11-4-3-7-18(27)22-26-25-21(30-22)15-9-12-29-13-10-15/h5-6,8,15,18H,2-4,7,9-14H2,1H3/t18-/m0/s1. The molecule has 2 aliphatic heterocycles. The number of hydrogen-bond acceptors (Lipinski definition) is 6. The number of halogens is 1. The van der Waals surface area contributed by atoms with Crippen LogP contribution in [0.25, 0.3) is 11.0 Å². The molecule has 0 radical (unpaired) electrons. The van der Waals surface area contributed by atoms with E-state index in [1.165, 1.54) is 6.07 Å². The molecule has 0 amide bonds. The molecule has 2 aromatic heterocycles. The fraction of sp³-hybridized carbons (Fsp3) is 0.591. The van der Waals surface area contributed by atoms with Crippen LogP contribution in [0.5, 0.6) is 0 Å². The van der Waals surface area contributed by atoms with Gasteiger partial charge in [-0.25, -0.2) is 9.37 Å². The van der Waals surface area contributed by atoms with Gasteiger partial charge in [-0.3, -0.25) is 4.90 Å². The first kappa shape index (κ1) is 19.6. The number of nitrogens with zero attached hydrogens (tertiary/aromatic N) is 5. The quantitative estimate of drug-likeness (QED) is 0.624. The van der Waals surface area contributed by atoms with E-state index >= 15 is 0 Å². The van der Waals surface area contributed by atoms with Crippen molar-refractivity contribution in [3.8, 4) is 0 Å². The highest BCUT2D eigenvalue weighted by molar-refractivity contribution is 5.76. The Morgan fingerprint density at radius 2 is 1.93 bits per heavy atom. The van der Waals surface area contributed by atoms with E-state index in [0.29, 0.717) is 23.9 Å². The van der Waals surface area contributed by atoms with E-state index in [1.807, 2.05) is 6.07 Å². The number of rotatable bonds is 5. The average molecular weight is 413 g/mol. The maximum absolute atomic E-state index is 14.3. The van der Waals surface area contributed by atoms with Gasteiger partial charge in [0.15, 0.2) is 5.82 Å². The van der Waals surface area contributed by atoms with Crippen molar-refractivity contribution in [2.24, 2.45) is 0 Å². The molecule has 7 nitrogen and oxygen atoms in total. The average Bonchev–Trinajstić information content (AvgIpc) is 3.40. The summed E-state index contributed by atoms with van der Waals surface area (Å²) in [6, 6.07) is 5.23. The van der Waals surface area contributed by atoms with Crippen molar-refractivity contribution in [3.63, 3.8) is 0 Å². The first-order chi connectivity index (χ1) is 14.7. The SMILES string of the molecule is CCn1c(CN2CCCC[C@H]2c2nnc(C3CCOCC3)o2)nc2c(F)cccc21. The highest BCUT2D eigenvalue weighted by Crippen LogP contribution is 2.34. The molecule has 8 heteroatoms. The Labute approximate surface area is 175 Å². The van der Waals surface area contributed by atoms with Crippen LogP contribution in [0, 0.1) is 5.82 Å². The number of benzene rings is 1. The van der Waals surface area contributed by atoms with Gasteiger partial charge in [0.25, 0.3) is 0 Å². The highest BCUT2D eigenvalue weighted by Gasteiger charge is 2.31. The molecule has 4 heterocycles. The molecule has 0 spiro atoms. The van der Waals surface area contributed by atoms with Crippen LogP contribution in [0.4, 0.5) is 4.39 Å². The van der Waals surface area contributed by atoms with Crippen molar-refractivity contribution >= 4 is 11.0 Å². The van der Waals surface area contributed by atoms with Gasteiger partial charge in [0, 0.05) is 25.7 Å². The maximum atomic E-state index is 14.3. The van der Waals surface area contributed by atoms with E-state index in [1.54, 1.807) is 6.07 Å². The molecular weight excluding hydrogens is 385 g/mol. The molecule has 160 valence electrons. The predicted molar refractivity (Wildman–Crippen MR) is 109 cm³/mol. The second kappa shape index (κ2) is 8.43. The van der Waals surface area contributed by atoms with E-state index in [-0.39, 0.29) is 11.9 Å². The number of imidazole rings is 1. The number of hydrogen-bond donors (Lipinski definition) is 0. The van der Waals surface area contributed by atoms with Gasteiger partial charge in [-0.15, -0.1) is 10.2 Å². The lowest BCUT2D eigenvalue weighted by Gasteiger charge is -2.33. The van der Waals surface area contributed by atoms with Crippen molar-refractivity contribution in [1.29, 1.82) is 0 Å². The van der Waals surface area contributed by atoms with Crippen molar-refractivity contribution in [2.45, 2.75) is 64.1 Å². The molecule has 2 saturated heterocycles. The van der Waals surface area contributed by atoms with Gasteiger partial charge in [-0.2, -0.15) is 0 Å². The van der Waals surface area contributed by atoms with Gasteiger partial charge < -0.3 is 13.7 Å². The Morgan fingerprint density at radius 1 is 1.10 bits per heavy atom. The van der Waals surface area contributed by atoms with Crippen LogP contribution in [0.3, 0.4) is 0 Å². The summed E-state index contributed by atoms with van der Waals surface area (Å²) < 4.78 is 28.0. The van der Waals surface area contributed by atoms with E-state index in [2.05, 4.69) is 31.6 Å². The minimum Gasteiger partial charge on any atom is -0.423 e. The lowest BCUT2D eigenvalue weighted by Crippen LogP contribution is -2.34. The van der Waals surface area contributed by atoms with E-state index in [4.69, 9.17) is 9.15 Å². The summed E-state index contributed by atoms with van der Waals surface area (Å²) in [5.41, 5.74) is 1.29. The van der Waals surface area contributed by atoms with Gasteiger partial charge in [-0.1, -0.05) is 12.5 Å². The Morgan fingerprint density at radius 3 is 2.77 bits per heavy atom. The Hall–Kier alpha value is -2.32. The molecule has 0 bridgehead atoms. The minimum atomic E-state index is -0.269. The lowest BCUT2D eigenvalue weighted by molar-refractivity contribution is 0.0765. The molecule has 1 atom stereocenters. The number of para-hydroxylation sites is 1. The molecule has 0 aliphatic carbocycles. The number of piperidine rings is 1. The Balaban J connectivity index is 1.40. The molecule has 3 aromatic rings. The molecule has 2 fully saturated rings. The largest absolute Gasteiger partial charge is 0.423 e. The Kier molecular flexibility index (Phi) is 5.52. The van der Waals surface area contributed by atoms with Gasteiger partial charge in [0.2, 0.25) is 11.8 Å². The molecule has 30 heavy (non-hydrogen) atoms. The van der Waals surface area contributed by atoms with Crippen molar-refractivity contribution in [2.75, 3.05) is 19.8 Å². The van der Waals surface area contributed by atoms with E-state index in [0.717, 1.165) is 75.6 Å². The minimum absolute atomic E-state index is 0.0785. The van der Waals surface area contributed by atoms with Crippen LogP contribution < -0.4 is 0 Å². The summed E-state index contributed by atoms with van der Waals surface area (Å²) >= 11 is 0. The van der Waals surface area contributed by atoms with Crippen LogP contribution in [0.15, 0.2) is 22.6 Å². The van der Waals surface area contributed by atoms with Gasteiger partial charge >= 0.3 is 0 Å². The molecule has 0 N–H and O–H groups in total. The smallest absolute Gasteiger partial charge is 0.233 e. The molecule has 5 rings (SSSR count). The summed E-state index contributed by atoms with van der Waals surface area (Å²) in [6.07, 6.45) is 5.10. The topological polar surface area (TPSA) is 69.2 Å². The zero-order valence-corrected chi connectivity index (χ0v) is 17.4. The zero-order valence-electron chi connectivity index (χ0n) is 17.4. The third-order valence-corrected chi connectivity index (χ3v) is 6.39. The summed E-state index contributed by atoms with van der Waals surface area (Å²) in [6.45, 7) is 5.91. The fourth-order valence-corrected chi connectivity index (χ4v) is 4.77. The van der Waals surface area contributed by atoms with Crippen molar-refractivity contribution in [3.05, 3.63) is 41.6 Å². The van der Waals surface area contributed by atoms with Gasteiger partial charge in [-0.05, 0) is 51.3 Å². The first-order valence-electron chi connectivity index (χ1n) is 11.0. The lowest BCUT2D eigenvalue weighted by atomic mass is 10.0. The van der Waals surface area contributed by atoms with Gasteiger partial charge in [0.1, 0.15) is 11.3 Å². The second-order valence-corrected chi connectivity index (χ2v) is 8.23. The zero-order chi connectivity index (χ0) is 20.5. The van der Waals surface area contributed by atoms with Crippen LogP contribution in [-0.4, -0.2) is 44.4 Å². The van der Waals surface area contributed by atoms with Gasteiger partial charge in [0.05, 0.1) is 18.1 Å². The third-order valence-electron chi connectivity index (χ3n) is 6.39. The predicted octanol–water partition coefficient (Wildman–Crippen LogP) is 4.20. The molecule has 0 saturated carbocycles. The molecular formula is C22H28FN5O2. The van der Waals surface area contributed by atoms with E-state index < -0.39 is 0 Å². The number of aromatic nitrogens is 4. The highest BCUT2D eigenvalue weighted by atomic mass is 19.1. The first-order valence-corrected chi connectivity index (χ1v) is 11.0. The van der Waals surface area contributed by atoms with E-state index in [9.17, 15) is 4.39 Å². The molecule has 1 aromatic carbocycles. The number of ether oxygens (including phenoxy) is 1. The van der Waals surface area contributed by atoms with Crippen LogP contribution in [-0.2, 0) is 17.8 Å². The summed E-state index contributed by atoms with van der Waals surface area (Å²) in [7, 11) is 0. The number of fused-ring (bicyclic) bond motifs is 1. The van der Waals surface area contributed by atoms with Crippen LogP contribution in [0.2, 0.25) is 0 Å². The normalized spacial score (nSPS) is 21.5. The van der Waals surface area contributed by atoms with Crippen LogP contribution in [0.1, 0.15) is 68.6 Å². The summed E-state index contributed by atoms with van der Waals surface area (Å²) in [5, 5.41) is 8.79.